The third-order valence-corrected chi connectivity index (χ3v) is 20.3. The Hall–Kier alpha value is -5.34. The molecule has 418 valence electrons. The minimum atomic E-state index is -0.812. The Kier molecular flexibility index (Phi) is 17.5. The number of carbonyl (C=O) groups excluding carboxylic acids is 7. The quantitative estimate of drug-likeness (QED) is 0.0887. The van der Waals surface area contributed by atoms with Gasteiger partial charge in [0.05, 0.1) is 45.8 Å². The highest BCUT2D eigenvalue weighted by Gasteiger charge is 2.57. The second-order valence-corrected chi connectivity index (χ2v) is 26.6. The van der Waals surface area contributed by atoms with Crippen LogP contribution in [-0.2, 0) is 59.4 Å². The Labute approximate surface area is 473 Å². The van der Waals surface area contributed by atoms with Crippen molar-refractivity contribution in [3.8, 4) is 0 Å². The normalized spacial score (nSPS) is 28.4. The van der Waals surface area contributed by atoms with Gasteiger partial charge in [0.25, 0.3) is 0 Å². The molecule has 0 spiro atoms. The van der Waals surface area contributed by atoms with E-state index in [2.05, 4.69) is 37.2 Å². The summed E-state index contributed by atoms with van der Waals surface area (Å²) in [6, 6.07) is 18.9. The molecular formula is C59H77N9O7S3. The van der Waals surface area contributed by atoms with Gasteiger partial charge in [-0.1, -0.05) is 113 Å². The van der Waals surface area contributed by atoms with Crippen LogP contribution in [0.15, 0.2) is 72.8 Å². The molecular weight excluding hydrogens is 1040 g/mol. The molecule has 0 bridgehead atoms. The number of hydrogen-bond donors (Lipinski definition) is 7. The number of nitrogens with one attached hydrogen (secondary N) is 7. The first-order valence-electron chi connectivity index (χ1n) is 27.7. The number of thiocarbonyl (C=S) groups is 1. The Bertz CT molecular complexity index is 2630. The summed E-state index contributed by atoms with van der Waals surface area (Å²) >= 11 is 8.98. The molecule has 19 heteroatoms. The maximum absolute atomic E-state index is 14.7. The highest BCUT2D eigenvalue weighted by atomic mass is 32.2. The van der Waals surface area contributed by atoms with E-state index in [4.69, 9.17) is 12.2 Å². The van der Waals surface area contributed by atoms with Gasteiger partial charge in [0, 0.05) is 18.9 Å². The van der Waals surface area contributed by atoms with E-state index in [1.807, 2.05) is 114 Å². The van der Waals surface area contributed by atoms with Gasteiger partial charge in [-0.3, -0.25) is 33.6 Å². The van der Waals surface area contributed by atoms with E-state index in [1.165, 1.54) is 0 Å². The number of rotatable bonds is 17. The van der Waals surface area contributed by atoms with Gasteiger partial charge in [-0.25, -0.2) is 0 Å². The molecule has 9 rings (SSSR count). The molecule has 3 aromatic carbocycles. The Morgan fingerprint density at radius 3 is 1.63 bits per heavy atom. The van der Waals surface area contributed by atoms with Crippen molar-refractivity contribution in [3.05, 3.63) is 106 Å². The third kappa shape index (κ3) is 11.8. The van der Waals surface area contributed by atoms with Crippen LogP contribution in [0.1, 0.15) is 119 Å². The number of fused-ring (bicyclic) bond motifs is 4. The fourth-order valence-corrected chi connectivity index (χ4v) is 16.1. The minimum absolute atomic E-state index is 0.0502. The van der Waals surface area contributed by atoms with Crippen LogP contribution in [0, 0.1) is 22.7 Å². The highest BCUT2D eigenvalue weighted by Crippen LogP contribution is 2.49. The molecule has 4 saturated heterocycles. The van der Waals surface area contributed by atoms with Crippen LogP contribution in [0.2, 0.25) is 0 Å². The number of likely N-dealkylation sites (N-methyl/N-ethyl adjacent to an activating group) is 2. The van der Waals surface area contributed by atoms with Crippen molar-refractivity contribution in [1.29, 1.82) is 0 Å². The predicted molar refractivity (Wildman–Crippen MR) is 309 cm³/mol. The first-order valence-corrected chi connectivity index (χ1v) is 30.2. The molecule has 4 heterocycles. The monoisotopic (exact) mass is 1120 g/mol. The zero-order chi connectivity index (χ0) is 55.8. The lowest BCUT2D eigenvalue weighted by molar-refractivity contribution is -0.144. The first kappa shape index (κ1) is 57.3. The maximum Gasteiger partial charge on any atom is 0.246 e. The molecule has 6 amide bonds. The van der Waals surface area contributed by atoms with Gasteiger partial charge in [-0.05, 0) is 129 Å². The number of amides is 6. The van der Waals surface area contributed by atoms with Gasteiger partial charge in [0.1, 0.15) is 30.0 Å². The molecule has 0 aromatic heterocycles. The summed E-state index contributed by atoms with van der Waals surface area (Å²) < 4.78 is 0. The van der Waals surface area contributed by atoms with E-state index in [0.29, 0.717) is 55.7 Å². The van der Waals surface area contributed by atoms with Crippen molar-refractivity contribution in [2.75, 3.05) is 25.6 Å². The van der Waals surface area contributed by atoms with Crippen LogP contribution in [-0.4, -0.2) is 129 Å². The Morgan fingerprint density at radius 1 is 0.628 bits per heavy atom. The summed E-state index contributed by atoms with van der Waals surface area (Å²) in [4.78, 5) is 104. The maximum atomic E-state index is 14.7. The molecule has 0 unspecified atom stereocenters. The van der Waals surface area contributed by atoms with E-state index in [0.717, 1.165) is 39.1 Å². The summed E-state index contributed by atoms with van der Waals surface area (Å²) in [7, 11) is 3.51. The second-order valence-electron chi connectivity index (χ2n) is 23.5. The van der Waals surface area contributed by atoms with E-state index in [1.54, 1.807) is 47.3 Å². The number of ketones is 1. The standard InChI is InChI=1S/C59H77N9O7S3/c1-32(60-7)51(70)63-42-23-25-77-45-29-59(5,6)50(67(45)56(42)74)54(73)66-48-39-16-12-10-14-37(39)28-41(48)52(71)62-31-35-19-17-34(18-20-35)21-22-44(69)40-27-36-13-9-11-15-38(36)47(40)65-53(72)49-58(3,4)30-46-68(49)57(75)43(24-26-78-46)64-55(76)33(2)61-8/h9-20,32-33,40-43,45-50,60-61H,21-31H2,1-8H3,(H,62,71)(H,63,70)(H,64,76)(H,65,72)(H,66,73)/t32-,33-,40-,41+,42-,43-,45-,46-,47-,48-,49+,50+/m0/s1. The van der Waals surface area contributed by atoms with Crippen molar-refractivity contribution in [3.63, 3.8) is 0 Å². The van der Waals surface area contributed by atoms with Crippen molar-refractivity contribution in [2.45, 2.75) is 159 Å². The molecule has 6 aliphatic rings. The minimum Gasteiger partial charge on any atom is -0.367 e. The lowest BCUT2D eigenvalue weighted by Crippen LogP contribution is -2.58. The van der Waals surface area contributed by atoms with Crippen molar-refractivity contribution < 1.29 is 33.6 Å². The number of nitrogens with zero attached hydrogens (tertiary/aromatic N) is 2. The number of Topliss-reactive ketones (excluding diaryl/α,β-unsaturated/α-hetero) is 1. The fourth-order valence-electron chi connectivity index (χ4n) is 12.7. The van der Waals surface area contributed by atoms with Crippen molar-refractivity contribution >= 4 is 82.0 Å². The van der Waals surface area contributed by atoms with Gasteiger partial charge in [-0.15, -0.1) is 23.5 Å². The summed E-state index contributed by atoms with van der Waals surface area (Å²) in [6.45, 7) is 12.0. The highest BCUT2D eigenvalue weighted by molar-refractivity contribution is 8.00. The van der Waals surface area contributed by atoms with E-state index < -0.39 is 65.0 Å². The smallest absolute Gasteiger partial charge is 0.246 e. The number of hydrogen-bond acceptors (Lipinski definition) is 12. The molecule has 16 nitrogen and oxygen atoms in total. The molecule has 0 radical (unpaired) electrons. The third-order valence-electron chi connectivity index (χ3n) is 17.3. The number of thioether (sulfide) groups is 2. The molecule has 2 aliphatic carbocycles. The topological polar surface area (TPSA) is 210 Å². The number of benzene rings is 3. The zero-order valence-electron chi connectivity index (χ0n) is 46.1. The predicted octanol–water partition coefficient (Wildman–Crippen LogP) is 5.03. The first-order chi connectivity index (χ1) is 37.2. The van der Waals surface area contributed by atoms with Gasteiger partial charge in [0.15, 0.2) is 0 Å². The van der Waals surface area contributed by atoms with Crippen molar-refractivity contribution in [2.24, 2.45) is 22.7 Å². The van der Waals surface area contributed by atoms with Crippen LogP contribution in [0.4, 0.5) is 0 Å². The molecule has 0 saturated carbocycles. The zero-order valence-corrected chi connectivity index (χ0v) is 48.6. The van der Waals surface area contributed by atoms with E-state index in [9.17, 15) is 33.6 Å². The molecule has 7 N–H and O–H groups in total. The molecule has 4 aliphatic heterocycles. The van der Waals surface area contributed by atoms with E-state index >= 15 is 0 Å². The Morgan fingerprint density at radius 2 is 1.10 bits per heavy atom. The Balaban J connectivity index is 0.823. The average Bonchev–Trinajstić information content (AvgIpc) is 4.19. The van der Waals surface area contributed by atoms with E-state index in [-0.39, 0.29) is 71.0 Å². The van der Waals surface area contributed by atoms with Crippen LogP contribution in [0.25, 0.3) is 0 Å². The van der Waals surface area contributed by atoms with Gasteiger partial charge < -0.3 is 47.0 Å². The molecule has 4 fully saturated rings. The summed E-state index contributed by atoms with van der Waals surface area (Å²) in [6.07, 6.45) is 4.04. The molecule has 78 heavy (non-hydrogen) atoms. The average molecular weight is 1120 g/mol. The SMILES string of the molecule is CN[C@@H](C)C(=O)N[C@H]1CCS[C@H]2CC(C)(C)[C@@H](C(=O)N[C@H]3c4ccccc4C[C@H]3C(=O)NCc3ccc(CCC(=O)[C@@H]4Cc5ccccc5[C@@H]4NC(=O)[C@H]4N5C(=O)[C@@H](NC(=S)[C@H](C)NC)CCS[C@H]5CC4(C)C)cc3)N2C1=O. The summed E-state index contributed by atoms with van der Waals surface area (Å²) in [5.41, 5.74) is 4.56. The van der Waals surface area contributed by atoms with Crippen LogP contribution < -0.4 is 37.2 Å². The fraction of sp³-hybridized carbons (Fsp3) is 0.559. The van der Waals surface area contributed by atoms with Gasteiger partial charge >= 0.3 is 0 Å². The molecule has 3 aromatic rings. The van der Waals surface area contributed by atoms with Gasteiger partial charge in [-0.2, -0.15) is 0 Å². The van der Waals surface area contributed by atoms with Gasteiger partial charge in [0.2, 0.25) is 35.4 Å². The lowest BCUT2D eigenvalue weighted by atomic mass is 9.83. The van der Waals surface area contributed by atoms with Crippen LogP contribution in [0.3, 0.4) is 0 Å². The molecule has 12 atom stereocenters. The summed E-state index contributed by atoms with van der Waals surface area (Å²) in [5.74, 6) is -1.05. The summed E-state index contributed by atoms with van der Waals surface area (Å²) in [5, 5.41) is 21.6. The van der Waals surface area contributed by atoms with Crippen LogP contribution >= 0.6 is 35.7 Å². The second kappa shape index (κ2) is 23.8. The number of carbonyl (C=O) groups is 7. The van der Waals surface area contributed by atoms with Crippen LogP contribution in [0.5, 0.6) is 0 Å². The largest absolute Gasteiger partial charge is 0.367 e. The van der Waals surface area contributed by atoms with Crippen molar-refractivity contribution in [1.82, 2.24) is 47.0 Å². The lowest BCUT2D eigenvalue weighted by Gasteiger charge is -2.35. The number of aryl methyl sites for hydroxylation is 1.